The number of ether oxygens (including phenoxy) is 1. The second-order valence-corrected chi connectivity index (χ2v) is 3.79. The van der Waals surface area contributed by atoms with Crippen molar-refractivity contribution >= 4 is 40.5 Å². The van der Waals surface area contributed by atoms with Crippen molar-refractivity contribution in [1.82, 2.24) is 0 Å². The van der Waals surface area contributed by atoms with Gasteiger partial charge >= 0.3 is 0 Å². The highest BCUT2D eigenvalue weighted by atomic mass is 32.1. The Balaban J connectivity index is 0.000000557. The van der Waals surface area contributed by atoms with Crippen LogP contribution in [0.2, 0.25) is 0 Å². The van der Waals surface area contributed by atoms with Gasteiger partial charge in [-0.15, -0.1) is 0 Å². The smallest absolute Gasteiger partial charge is 0.260 e. The number of benzene rings is 1. The number of aliphatic hydroxyl groups excluding tert-OH is 1. The minimum atomic E-state index is -0.500. The first kappa shape index (κ1) is 15.6. The third-order valence-electron chi connectivity index (χ3n) is 1.79. The van der Waals surface area contributed by atoms with Crippen LogP contribution in [0.15, 0.2) is 24.3 Å². The molecule has 0 aliphatic heterocycles. The number of nitrogens with one attached hydrogen (secondary N) is 1. The van der Waals surface area contributed by atoms with Gasteiger partial charge < -0.3 is 20.9 Å². The molecule has 0 saturated heterocycles. The summed E-state index contributed by atoms with van der Waals surface area (Å²) < 4.78 is 4.83. The number of hydrogen-bond acceptors (Lipinski definition) is 3. The zero-order valence-corrected chi connectivity index (χ0v) is 11.4. The van der Waals surface area contributed by atoms with Gasteiger partial charge in [-0.05, 0) is 48.6 Å². The standard InChI is InChI=1S/C10H13NOS.CH3NOS/c1-3-8-4-6-9(7-5-8)11-10(13)12-2;2-1(3)4/h4-7H,3H2,1-2H3,(H,11,13);(H3,2,3,4). The van der Waals surface area contributed by atoms with Gasteiger partial charge in [-0.2, -0.15) is 0 Å². The first-order valence-electron chi connectivity index (χ1n) is 4.91. The number of rotatable bonds is 2. The molecular formula is C11H16N2O2S2. The second-order valence-electron chi connectivity index (χ2n) is 3.01. The summed E-state index contributed by atoms with van der Waals surface area (Å²) in [7, 11) is 1.55. The lowest BCUT2D eigenvalue weighted by atomic mass is 10.1. The molecule has 1 rings (SSSR count). The fourth-order valence-electron chi connectivity index (χ4n) is 0.993. The summed E-state index contributed by atoms with van der Waals surface area (Å²) >= 11 is 8.74. The largest absolute Gasteiger partial charge is 0.487 e. The maximum Gasteiger partial charge on any atom is 0.260 e. The van der Waals surface area contributed by atoms with Crippen molar-refractivity contribution in [2.75, 3.05) is 12.4 Å². The molecule has 94 valence electrons. The van der Waals surface area contributed by atoms with Gasteiger partial charge in [0.15, 0.2) is 0 Å². The van der Waals surface area contributed by atoms with Gasteiger partial charge in [0.05, 0.1) is 7.11 Å². The number of nitrogens with two attached hydrogens (primary N) is 1. The minimum Gasteiger partial charge on any atom is -0.487 e. The van der Waals surface area contributed by atoms with Gasteiger partial charge in [0, 0.05) is 5.69 Å². The van der Waals surface area contributed by atoms with Gasteiger partial charge in [-0.3, -0.25) is 0 Å². The maximum atomic E-state index is 7.56. The number of anilines is 1. The molecule has 1 aromatic carbocycles. The van der Waals surface area contributed by atoms with E-state index in [1.165, 1.54) is 5.56 Å². The highest BCUT2D eigenvalue weighted by Crippen LogP contribution is 2.09. The van der Waals surface area contributed by atoms with Crippen molar-refractivity contribution < 1.29 is 9.84 Å². The fraction of sp³-hybridized carbons (Fsp3) is 0.273. The van der Waals surface area contributed by atoms with Crippen molar-refractivity contribution in [3.8, 4) is 0 Å². The molecule has 4 N–H and O–H groups in total. The highest BCUT2D eigenvalue weighted by Gasteiger charge is 1.95. The Labute approximate surface area is 112 Å². The number of hydrogen-bond donors (Lipinski definition) is 3. The first-order chi connectivity index (χ1) is 7.99. The quantitative estimate of drug-likeness (QED) is 0.718. The predicted octanol–water partition coefficient (Wildman–Crippen LogP) is 2.38. The number of aryl methyl sites for hydroxylation is 1. The lowest BCUT2D eigenvalue weighted by Crippen LogP contribution is -2.10. The van der Waals surface area contributed by atoms with E-state index in [4.69, 9.17) is 22.1 Å². The lowest BCUT2D eigenvalue weighted by molar-refractivity contribution is 0.413. The molecule has 0 fully saturated rings. The molecular weight excluding hydrogens is 256 g/mol. The van der Waals surface area contributed by atoms with E-state index in [0.717, 1.165) is 12.1 Å². The molecule has 0 atom stereocenters. The molecule has 0 unspecified atom stereocenters. The van der Waals surface area contributed by atoms with Crippen LogP contribution in [0.5, 0.6) is 0 Å². The average Bonchev–Trinajstić information content (AvgIpc) is 2.29. The SMILES string of the molecule is CCc1ccc(NC(=S)OC)cc1.NC(O)=S. The summed E-state index contributed by atoms with van der Waals surface area (Å²) in [5.74, 6) is 0. The molecule has 0 bridgehead atoms. The van der Waals surface area contributed by atoms with E-state index in [9.17, 15) is 0 Å². The van der Waals surface area contributed by atoms with E-state index in [1.54, 1.807) is 7.11 Å². The molecule has 1 aromatic rings. The van der Waals surface area contributed by atoms with Gasteiger partial charge in [0.1, 0.15) is 0 Å². The normalized spacial score (nSPS) is 8.59. The molecule has 0 heterocycles. The molecule has 6 heteroatoms. The van der Waals surface area contributed by atoms with Crippen molar-refractivity contribution in [3.05, 3.63) is 29.8 Å². The Hall–Kier alpha value is -1.40. The Kier molecular flexibility index (Phi) is 8.00. The van der Waals surface area contributed by atoms with Gasteiger partial charge in [0.2, 0.25) is 0 Å². The van der Waals surface area contributed by atoms with E-state index < -0.39 is 5.17 Å². The van der Waals surface area contributed by atoms with E-state index in [2.05, 4.69) is 42.3 Å². The van der Waals surface area contributed by atoms with Crippen LogP contribution < -0.4 is 11.1 Å². The van der Waals surface area contributed by atoms with E-state index in [0.29, 0.717) is 5.17 Å². The Morgan fingerprint density at radius 2 is 1.82 bits per heavy atom. The molecule has 17 heavy (non-hydrogen) atoms. The summed E-state index contributed by atoms with van der Waals surface area (Å²) in [5.41, 5.74) is 6.67. The van der Waals surface area contributed by atoms with Crippen LogP contribution in [-0.2, 0) is 11.2 Å². The zero-order valence-electron chi connectivity index (χ0n) is 9.77. The summed E-state index contributed by atoms with van der Waals surface area (Å²) in [6.07, 6.45) is 1.05. The topological polar surface area (TPSA) is 67.5 Å². The number of thiocarbonyl (C=S) groups is 2. The number of methoxy groups -OCH3 is 1. The van der Waals surface area contributed by atoms with Crippen LogP contribution >= 0.6 is 24.4 Å². The summed E-state index contributed by atoms with van der Waals surface area (Å²) in [4.78, 5) is 0. The zero-order chi connectivity index (χ0) is 13.3. The third kappa shape index (κ3) is 8.41. The van der Waals surface area contributed by atoms with Gasteiger partial charge in [-0.25, -0.2) is 0 Å². The van der Waals surface area contributed by atoms with Crippen LogP contribution in [0.25, 0.3) is 0 Å². The maximum absolute atomic E-state index is 7.56. The first-order valence-corrected chi connectivity index (χ1v) is 5.73. The Morgan fingerprint density at radius 1 is 1.35 bits per heavy atom. The Morgan fingerprint density at radius 3 is 2.18 bits per heavy atom. The summed E-state index contributed by atoms with van der Waals surface area (Å²) in [5, 5.41) is 10.4. The average molecular weight is 272 g/mol. The van der Waals surface area contributed by atoms with Crippen molar-refractivity contribution in [1.29, 1.82) is 0 Å². The van der Waals surface area contributed by atoms with Gasteiger partial charge in [-0.1, -0.05) is 19.1 Å². The summed E-state index contributed by atoms with van der Waals surface area (Å²) in [6.45, 7) is 2.13. The molecule has 4 nitrogen and oxygen atoms in total. The molecule has 0 aliphatic carbocycles. The fourth-order valence-corrected chi connectivity index (χ4v) is 1.11. The van der Waals surface area contributed by atoms with E-state index in [1.807, 2.05) is 12.1 Å². The summed E-state index contributed by atoms with van der Waals surface area (Å²) in [6, 6.07) is 8.12. The predicted molar refractivity (Wildman–Crippen MR) is 78.5 cm³/mol. The van der Waals surface area contributed by atoms with Crippen LogP contribution in [0.3, 0.4) is 0 Å². The van der Waals surface area contributed by atoms with Crippen LogP contribution in [0.4, 0.5) is 5.69 Å². The molecule has 0 spiro atoms. The van der Waals surface area contributed by atoms with Crippen molar-refractivity contribution in [3.63, 3.8) is 0 Å². The van der Waals surface area contributed by atoms with Crippen LogP contribution in [0, 0.1) is 0 Å². The van der Waals surface area contributed by atoms with Crippen molar-refractivity contribution in [2.24, 2.45) is 5.73 Å². The van der Waals surface area contributed by atoms with Crippen LogP contribution in [-0.4, -0.2) is 22.6 Å². The van der Waals surface area contributed by atoms with E-state index in [-0.39, 0.29) is 0 Å². The minimum absolute atomic E-state index is 0.393. The second kappa shape index (κ2) is 8.72. The molecule has 0 amide bonds. The lowest BCUT2D eigenvalue weighted by Gasteiger charge is -2.06. The van der Waals surface area contributed by atoms with Crippen molar-refractivity contribution in [2.45, 2.75) is 13.3 Å². The molecule has 0 aliphatic rings. The highest BCUT2D eigenvalue weighted by molar-refractivity contribution is 7.80. The van der Waals surface area contributed by atoms with E-state index >= 15 is 0 Å². The third-order valence-corrected chi connectivity index (χ3v) is 2.06. The molecule has 0 aromatic heterocycles. The van der Waals surface area contributed by atoms with Gasteiger partial charge in [0.25, 0.3) is 10.3 Å². The van der Waals surface area contributed by atoms with Crippen LogP contribution in [0.1, 0.15) is 12.5 Å². The number of aliphatic hydroxyl groups is 1. The Bertz CT molecular complexity index is 362. The molecule has 0 saturated carbocycles. The monoisotopic (exact) mass is 272 g/mol. The molecule has 0 radical (unpaired) electrons.